The second-order valence-electron chi connectivity index (χ2n) is 3.08. The molecule has 0 spiro atoms. The number of rotatable bonds is 5. The third kappa shape index (κ3) is 4.39. The molecular weight excluding hydrogens is 220 g/mol. The van der Waals surface area contributed by atoms with E-state index in [0.717, 1.165) is 5.69 Å². The average molecular weight is 234 g/mol. The van der Waals surface area contributed by atoms with Gasteiger partial charge in [-0.25, -0.2) is 0 Å². The Morgan fingerprint density at radius 2 is 2.12 bits per heavy atom. The number of benzene rings is 1. The molecule has 1 aromatic rings. The average Bonchev–Trinajstić information content (AvgIpc) is 2.30. The highest BCUT2D eigenvalue weighted by Crippen LogP contribution is 2.17. The molecule has 0 aromatic heterocycles. The SMILES string of the molecule is C#CCNCC(=O)Nc1ccc(SC)cc1. The molecule has 0 heterocycles. The van der Waals surface area contributed by atoms with Crippen LogP contribution in [0.2, 0.25) is 0 Å². The first-order valence-electron chi connectivity index (χ1n) is 4.84. The van der Waals surface area contributed by atoms with Crippen LogP contribution in [0.3, 0.4) is 0 Å². The van der Waals surface area contributed by atoms with Gasteiger partial charge in [-0.05, 0) is 30.5 Å². The molecule has 1 rings (SSSR count). The number of anilines is 1. The number of terminal acetylenes is 1. The van der Waals surface area contributed by atoms with Crippen LogP contribution in [0.4, 0.5) is 5.69 Å². The highest BCUT2D eigenvalue weighted by molar-refractivity contribution is 7.98. The summed E-state index contributed by atoms with van der Waals surface area (Å²) in [7, 11) is 0. The van der Waals surface area contributed by atoms with E-state index >= 15 is 0 Å². The van der Waals surface area contributed by atoms with Gasteiger partial charge in [0.1, 0.15) is 0 Å². The van der Waals surface area contributed by atoms with E-state index < -0.39 is 0 Å². The van der Waals surface area contributed by atoms with Gasteiger partial charge in [-0.3, -0.25) is 10.1 Å². The summed E-state index contributed by atoms with van der Waals surface area (Å²) in [6, 6.07) is 7.69. The first-order chi connectivity index (χ1) is 7.76. The number of amides is 1. The van der Waals surface area contributed by atoms with Crippen molar-refractivity contribution in [2.24, 2.45) is 0 Å². The van der Waals surface area contributed by atoms with Crippen LogP contribution in [0.25, 0.3) is 0 Å². The molecule has 0 radical (unpaired) electrons. The highest BCUT2D eigenvalue weighted by atomic mass is 32.2. The predicted molar refractivity (Wildman–Crippen MR) is 68.6 cm³/mol. The number of carbonyl (C=O) groups is 1. The van der Waals surface area contributed by atoms with Crippen LogP contribution in [0.15, 0.2) is 29.2 Å². The van der Waals surface area contributed by atoms with Crippen LogP contribution in [-0.2, 0) is 4.79 Å². The van der Waals surface area contributed by atoms with E-state index in [0.29, 0.717) is 6.54 Å². The second-order valence-corrected chi connectivity index (χ2v) is 3.96. The monoisotopic (exact) mass is 234 g/mol. The Labute approximate surface area is 100 Å². The molecule has 0 saturated heterocycles. The molecule has 84 valence electrons. The van der Waals surface area contributed by atoms with Gasteiger partial charge in [0.25, 0.3) is 0 Å². The van der Waals surface area contributed by atoms with Gasteiger partial charge in [0.05, 0.1) is 13.1 Å². The Bertz CT molecular complexity index is 381. The van der Waals surface area contributed by atoms with Crippen LogP contribution in [0.1, 0.15) is 0 Å². The van der Waals surface area contributed by atoms with E-state index in [2.05, 4.69) is 16.6 Å². The summed E-state index contributed by atoms with van der Waals surface area (Å²) in [5.74, 6) is 2.32. The molecule has 0 fully saturated rings. The number of nitrogens with one attached hydrogen (secondary N) is 2. The Kier molecular flexibility index (Phi) is 5.48. The van der Waals surface area contributed by atoms with E-state index in [-0.39, 0.29) is 12.5 Å². The molecule has 2 N–H and O–H groups in total. The molecule has 0 aliphatic rings. The molecule has 16 heavy (non-hydrogen) atoms. The summed E-state index contributed by atoms with van der Waals surface area (Å²) in [5.41, 5.74) is 0.797. The molecule has 0 unspecified atom stereocenters. The first-order valence-corrected chi connectivity index (χ1v) is 6.07. The predicted octanol–water partition coefficient (Wildman–Crippen LogP) is 1.57. The van der Waals surface area contributed by atoms with Gasteiger partial charge < -0.3 is 5.32 Å². The summed E-state index contributed by atoms with van der Waals surface area (Å²) in [5, 5.41) is 5.60. The minimum absolute atomic E-state index is 0.0906. The standard InChI is InChI=1S/C12H14N2OS/c1-3-8-13-9-12(15)14-10-4-6-11(16-2)7-5-10/h1,4-7,13H,8-9H2,2H3,(H,14,15). The van der Waals surface area contributed by atoms with Gasteiger partial charge in [0, 0.05) is 10.6 Å². The number of thioether (sulfide) groups is 1. The molecule has 1 amide bonds. The van der Waals surface area contributed by atoms with Crippen molar-refractivity contribution in [3.8, 4) is 12.3 Å². The highest BCUT2D eigenvalue weighted by Gasteiger charge is 2.00. The largest absolute Gasteiger partial charge is 0.325 e. The van der Waals surface area contributed by atoms with E-state index in [1.807, 2.05) is 30.5 Å². The van der Waals surface area contributed by atoms with Gasteiger partial charge in [-0.15, -0.1) is 18.2 Å². The first kappa shape index (κ1) is 12.6. The second kappa shape index (κ2) is 6.94. The lowest BCUT2D eigenvalue weighted by atomic mass is 10.3. The van der Waals surface area contributed by atoms with Crippen molar-refractivity contribution in [2.45, 2.75) is 4.90 Å². The summed E-state index contributed by atoms with van der Waals surface area (Å²) in [4.78, 5) is 12.6. The zero-order chi connectivity index (χ0) is 11.8. The lowest BCUT2D eigenvalue weighted by Crippen LogP contribution is -2.28. The van der Waals surface area contributed by atoms with Gasteiger partial charge in [-0.2, -0.15) is 0 Å². The zero-order valence-electron chi connectivity index (χ0n) is 9.12. The molecule has 0 aliphatic carbocycles. The molecular formula is C12H14N2OS. The molecule has 0 atom stereocenters. The van der Waals surface area contributed by atoms with E-state index in [4.69, 9.17) is 6.42 Å². The normalized spacial score (nSPS) is 9.50. The van der Waals surface area contributed by atoms with E-state index in [1.165, 1.54) is 4.90 Å². The smallest absolute Gasteiger partial charge is 0.238 e. The molecule has 3 nitrogen and oxygen atoms in total. The lowest BCUT2D eigenvalue weighted by Gasteiger charge is -2.05. The number of hydrogen-bond acceptors (Lipinski definition) is 3. The molecule has 1 aromatic carbocycles. The van der Waals surface area contributed by atoms with Crippen molar-refractivity contribution in [2.75, 3.05) is 24.7 Å². The van der Waals surface area contributed by atoms with Gasteiger partial charge in [0.2, 0.25) is 5.91 Å². The maximum absolute atomic E-state index is 11.4. The molecule has 0 saturated carbocycles. The van der Waals surface area contributed by atoms with Crippen LogP contribution in [0, 0.1) is 12.3 Å². The summed E-state index contributed by atoms with van der Waals surface area (Å²) in [6.07, 6.45) is 7.06. The zero-order valence-corrected chi connectivity index (χ0v) is 9.93. The van der Waals surface area contributed by atoms with E-state index in [1.54, 1.807) is 11.8 Å². The molecule has 0 bridgehead atoms. The van der Waals surface area contributed by atoms with E-state index in [9.17, 15) is 4.79 Å². The Hall–Kier alpha value is -1.44. The third-order valence-corrected chi connectivity index (χ3v) is 2.63. The maximum Gasteiger partial charge on any atom is 0.238 e. The fourth-order valence-corrected chi connectivity index (χ4v) is 1.54. The summed E-state index contributed by atoms with van der Waals surface area (Å²) < 4.78 is 0. The van der Waals surface area contributed by atoms with Gasteiger partial charge >= 0.3 is 0 Å². The number of hydrogen-bond donors (Lipinski definition) is 2. The Balaban J connectivity index is 2.41. The third-order valence-electron chi connectivity index (χ3n) is 1.89. The minimum atomic E-state index is -0.0906. The van der Waals surface area contributed by atoms with Crippen molar-refractivity contribution < 1.29 is 4.79 Å². The van der Waals surface area contributed by atoms with Crippen LogP contribution >= 0.6 is 11.8 Å². The molecule has 0 aliphatic heterocycles. The van der Waals surface area contributed by atoms with Gasteiger partial charge in [-0.1, -0.05) is 5.92 Å². The van der Waals surface area contributed by atoms with Crippen LogP contribution in [-0.4, -0.2) is 25.3 Å². The number of carbonyl (C=O) groups excluding carboxylic acids is 1. The Morgan fingerprint density at radius 3 is 2.69 bits per heavy atom. The lowest BCUT2D eigenvalue weighted by molar-refractivity contribution is -0.115. The van der Waals surface area contributed by atoms with Crippen LogP contribution in [0.5, 0.6) is 0 Å². The van der Waals surface area contributed by atoms with Crippen molar-refractivity contribution in [3.05, 3.63) is 24.3 Å². The minimum Gasteiger partial charge on any atom is -0.325 e. The maximum atomic E-state index is 11.4. The van der Waals surface area contributed by atoms with Crippen molar-refractivity contribution >= 4 is 23.4 Å². The van der Waals surface area contributed by atoms with Crippen molar-refractivity contribution in [3.63, 3.8) is 0 Å². The van der Waals surface area contributed by atoms with Crippen LogP contribution < -0.4 is 10.6 Å². The Morgan fingerprint density at radius 1 is 1.44 bits per heavy atom. The fourth-order valence-electron chi connectivity index (χ4n) is 1.13. The van der Waals surface area contributed by atoms with Gasteiger partial charge in [0.15, 0.2) is 0 Å². The topological polar surface area (TPSA) is 41.1 Å². The van der Waals surface area contributed by atoms with Crippen molar-refractivity contribution in [1.82, 2.24) is 5.32 Å². The fraction of sp³-hybridized carbons (Fsp3) is 0.250. The summed E-state index contributed by atoms with van der Waals surface area (Å²) in [6.45, 7) is 0.632. The van der Waals surface area contributed by atoms with Crippen molar-refractivity contribution in [1.29, 1.82) is 0 Å². The summed E-state index contributed by atoms with van der Waals surface area (Å²) >= 11 is 1.67. The quantitative estimate of drug-likeness (QED) is 0.461. The molecule has 4 heteroatoms.